The van der Waals surface area contributed by atoms with Gasteiger partial charge in [0.1, 0.15) is 5.56 Å². The predicted octanol–water partition coefficient (Wildman–Crippen LogP) is 2.58. The molecule has 0 unspecified atom stereocenters. The van der Waals surface area contributed by atoms with E-state index >= 15 is 0 Å². The minimum absolute atomic E-state index is 0.367. The second-order valence-electron chi connectivity index (χ2n) is 6.20. The van der Waals surface area contributed by atoms with Crippen molar-refractivity contribution in [2.75, 3.05) is 0 Å². The molecule has 23 heavy (non-hydrogen) atoms. The Labute approximate surface area is 141 Å². The van der Waals surface area contributed by atoms with Crippen molar-refractivity contribution in [3.63, 3.8) is 0 Å². The highest BCUT2D eigenvalue weighted by molar-refractivity contribution is 9.10. The molecule has 1 aromatic heterocycles. The van der Waals surface area contributed by atoms with Crippen molar-refractivity contribution < 1.29 is 14.3 Å². The van der Waals surface area contributed by atoms with Gasteiger partial charge in [0, 0.05) is 38.7 Å². The number of cyclic esters (lactones) is 1. The van der Waals surface area contributed by atoms with Crippen molar-refractivity contribution in [2.45, 2.75) is 39.3 Å². The van der Waals surface area contributed by atoms with Crippen LogP contribution in [0.3, 0.4) is 0 Å². The summed E-state index contributed by atoms with van der Waals surface area (Å²) in [5.74, 6) is -0.803. The molecule has 0 fully saturated rings. The summed E-state index contributed by atoms with van der Waals surface area (Å²) in [7, 11) is 0. The van der Waals surface area contributed by atoms with Crippen molar-refractivity contribution in [1.82, 2.24) is 15.1 Å². The Bertz CT molecular complexity index is 792. The van der Waals surface area contributed by atoms with Crippen LogP contribution in [0.5, 0.6) is 5.75 Å². The third kappa shape index (κ3) is 2.53. The quantitative estimate of drug-likeness (QED) is 0.814. The van der Waals surface area contributed by atoms with E-state index in [-0.39, 0.29) is 5.97 Å². The molecule has 0 atom stereocenters. The summed E-state index contributed by atoms with van der Waals surface area (Å²) in [5, 5.41) is 7.82. The van der Waals surface area contributed by atoms with Gasteiger partial charge in [0.25, 0.3) is 0 Å². The largest absolute Gasteiger partial charge is 0.451 e. The molecule has 4 rings (SSSR count). The van der Waals surface area contributed by atoms with Gasteiger partial charge in [-0.1, -0.05) is 6.07 Å². The van der Waals surface area contributed by atoms with Crippen LogP contribution in [-0.4, -0.2) is 21.5 Å². The van der Waals surface area contributed by atoms with Gasteiger partial charge in [-0.3, -0.25) is 4.68 Å². The molecular weight excluding hydrogens is 362 g/mol. The lowest BCUT2D eigenvalue weighted by Gasteiger charge is -2.33. The first-order valence-corrected chi connectivity index (χ1v) is 8.22. The standard InChI is InChI=1S/C16H16BrN3O3/c1-16(2)22-14-11(17)4-3-9(13(14)15(21)23-16)7-20-8-10-5-18-6-12(10)19-20/h3-4,8,18H,5-7H2,1-2H3. The Kier molecular flexibility index (Phi) is 3.24. The topological polar surface area (TPSA) is 65.4 Å². The fourth-order valence-electron chi connectivity index (χ4n) is 2.96. The Morgan fingerprint density at radius 1 is 1.35 bits per heavy atom. The SMILES string of the molecule is CC1(C)OC(=O)c2c(Cn3cc4c(n3)CNC4)ccc(Br)c2O1. The molecular formula is C16H16BrN3O3. The van der Waals surface area contributed by atoms with E-state index in [0.717, 1.165) is 28.8 Å². The molecule has 3 heterocycles. The average Bonchev–Trinajstić information content (AvgIpc) is 3.01. The number of nitrogens with one attached hydrogen (secondary N) is 1. The summed E-state index contributed by atoms with van der Waals surface area (Å²) in [4.78, 5) is 12.4. The second kappa shape index (κ2) is 5.07. The van der Waals surface area contributed by atoms with Gasteiger partial charge in [0.05, 0.1) is 16.7 Å². The number of halogens is 1. The number of carbonyl (C=O) groups is 1. The zero-order valence-electron chi connectivity index (χ0n) is 12.9. The lowest BCUT2D eigenvalue weighted by Crippen LogP contribution is -2.39. The Hall–Kier alpha value is -1.86. The van der Waals surface area contributed by atoms with E-state index in [1.165, 1.54) is 5.56 Å². The molecule has 2 aliphatic heterocycles. The number of benzene rings is 1. The van der Waals surface area contributed by atoms with Crippen LogP contribution < -0.4 is 10.1 Å². The van der Waals surface area contributed by atoms with Crippen LogP contribution in [0.4, 0.5) is 0 Å². The molecule has 2 aliphatic rings. The number of aromatic nitrogens is 2. The van der Waals surface area contributed by atoms with E-state index in [0.29, 0.717) is 17.9 Å². The zero-order valence-corrected chi connectivity index (χ0v) is 14.4. The summed E-state index contributed by atoms with van der Waals surface area (Å²) >= 11 is 3.45. The van der Waals surface area contributed by atoms with E-state index in [4.69, 9.17) is 9.47 Å². The van der Waals surface area contributed by atoms with Crippen molar-refractivity contribution in [3.8, 4) is 5.75 Å². The third-order valence-corrected chi connectivity index (χ3v) is 4.58. The van der Waals surface area contributed by atoms with Crippen LogP contribution in [0.1, 0.15) is 41.0 Å². The number of nitrogens with zero attached hydrogens (tertiary/aromatic N) is 2. The van der Waals surface area contributed by atoms with Crippen molar-refractivity contribution in [3.05, 3.63) is 45.2 Å². The summed E-state index contributed by atoms with van der Waals surface area (Å²) in [6.07, 6.45) is 2.02. The van der Waals surface area contributed by atoms with Gasteiger partial charge >= 0.3 is 5.97 Å². The molecule has 0 radical (unpaired) electrons. The lowest BCUT2D eigenvalue weighted by molar-refractivity contribution is -0.127. The number of hydrogen-bond acceptors (Lipinski definition) is 5. The zero-order chi connectivity index (χ0) is 16.2. The first-order valence-electron chi connectivity index (χ1n) is 7.42. The van der Waals surface area contributed by atoms with Gasteiger partial charge < -0.3 is 14.8 Å². The van der Waals surface area contributed by atoms with Crippen LogP contribution in [0, 0.1) is 0 Å². The Morgan fingerprint density at radius 2 is 2.17 bits per heavy atom. The third-order valence-electron chi connectivity index (χ3n) is 3.95. The van der Waals surface area contributed by atoms with Gasteiger partial charge in [-0.2, -0.15) is 5.10 Å². The number of carbonyl (C=O) groups excluding carboxylic acids is 1. The molecule has 0 bridgehead atoms. The van der Waals surface area contributed by atoms with Gasteiger partial charge in [0.2, 0.25) is 5.79 Å². The maximum atomic E-state index is 12.4. The van der Waals surface area contributed by atoms with Gasteiger partial charge in [-0.05, 0) is 27.6 Å². The van der Waals surface area contributed by atoms with E-state index in [2.05, 4.69) is 26.3 Å². The van der Waals surface area contributed by atoms with Crippen molar-refractivity contribution in [1.29, 1.82) is 0 Å². The van der Waals surface area contributed by atoms with Crippen LogP contribution in [-0.2, 0) is 24.4 Å². The fraction of sp³-hybridized carbons (Fsp3) is 0.375. The molecule has 0 spiro atoms. The molecule has 120 valence electrons. The highest BCUT2D eigenvalue weighted by Crippen LogP contribution is 2.39. The highest BCUT2D eigenvalue weighted by Gasteiger charge is 2.36. The maximum absolute atomic E-state index is 12.4. The molecule has 1 N–H and O–H groups in total. The molecule has 2 aromatic rings. The molecule has 1 aromatic carbocycles. The van der Waals surface area contributed by atoms with E-state index in [1.54, 1.807) is 13.8 Å². The van der Waals surface area contributed by atoms with Gasteiger partial charge in [-0.15, -0.1) is 0 Å². The second-order valence-corrected chi connectivity index (χ2v) is 7.06. The number of esters is 1. The molecule has 0 saturated heterocycles. The molecule has 0 saturated carbocycles. The minimum Gasteiger partial charge on any atom is -0.451 e. The summed E-state index contributed by atoms with van der Waals surface area (Å²) < 4.78 is 13.8. The highest BCUT2D eigenvalue weighted by atomic mass is 79.9. The van der Waals surface area contributed by atoms with Crippen LogP contribution in [0.15, 0.2) is 22.8 Å². The average molecular weight is 378 g/mol. The molecule has 7 heteroatoms. The number of rotatable bonds is 2. The number of fused-ring (bicyclic) bond motifs is 2. The normalized spacial score (nSPS) is 18.1. The summed E-state index contributed by atoms with van der Waals surface area (Å²) in [6.45, 7) is 5.57. The summed E-state index contributed by atoms with van der Waals surface area (Å²) in [5.41, 5.74) is 3.57. The Balaban J connectivity index is 1.73. The monoisotopic (exact) mass is 377 g/mol. The number of hydrogen-bond donors (Lipinski definition) is 1. The number of ether oxygens (including phenoxy) is 2. The Morgan fingerprint density at radius 3 is 2.96 bits per heavy atom. The van der Waals surface area contributed by atoms with Crippen molar-refractivity contribution >= 4 is 21.9 Å². The molecule has 6 nitrogen and oxygen atoms in total. The van der Waals surface area contributed by atoms with Crippen LogP contribution in [0.2, 0.25) is 0 Å². The smallest absolute Gasteiger partial charge is 0.345 e. The van der Waals surface area contributed by atoms with Gasteiger partial charge in [0.15, 0.2) is 5.75 Å². The first-order chi connectivity index (χ1) is 10.9. The molecule has 0 aliphatic carbocycles. The fourth-order valence-corrected chi connectivity index (χ4v) is 3.38. The van der Waals surface area contributed by atoms with E-state index in [9.17, 15) is 4.79 Å². The van der Waals surface area contributed by atoms with E-state index < -0.39 is 5.79 Å². The van der Waals surface area contributed by atoms with Crippen molar-refractivity contribution in [2.24, 2.45) is 0 Å². The van der Waals surface area contributed by atoms with Crippen LogP contribution in [0.25, 0.3) is 0 Å². The van der Waals surface area contributed by atoms with E-state index in [1.807, 2.05) is 23.0 Å². The van der Waals surface area contributed by atoms with Crippen LogP contribution >= 0.6 is 15.9 Å². The molecule has 0 amide bonds. The minimum atomic E-state index is -0.968. The van der Waals surface area contributed by atoms with Gasteiger partial charge in [-0.25, -0.2) is 4.79 Å². The lowest BCUT2D eigenvalue weighted by atomic mass is 10.0. The maximum Gasteiger partial charge on any atom is 0.345 e. The predicted molar refractivity (Wildman–Crippen MR) is 86.1 cm³/mol. The first kappa shape index (κ1) is 14.7. The summed E-state index contributed by atoms with van der Waals surface area (Å²) in [6, 6.07) is 3.79.